The molecule has 0 spiro atoms. The summed E-state index contributed by atoms with van der Waals surface area (Å²) in [5.74, 6) is 0. The van der Waals surface area contributed by atoms with Crippen LogP contribution in [0.25, 0.3) is 11.1 Å². The lowest BCUT2D eigenvalue weighted by Crippen LogP contribution is -2.23. The van der Waals surface area contributed by atoms with Crippen molar-refractivity contribution in [2.75, 3.05) is 0 Å². The highest BCUT2D eigenvalue weighted by atomic mass is 35.5. The quantitative estimate of drug-likeness (QED) is 0.815. The van der Waals surface area contributed by atoms with E-state index in [1.54, 1.807) is 25.1 Å². The van der Waals surface area contributed by atoms with E-state index in [4.69, 9.17) is 11.6 Å². The molecule has 0 fully saturated rings. The summed E-state index contributed by atoms with van der Waals surface area (Å²) < 4.78 is 61.6. The first-order chi connectivity index (χ1) is 9.63. The molecular formula is C14H9ClF3O2S. The predicted octanol–water partition coefficient (Wildman–Crippen LogP) is 4.41. The first kappa shape index (κ1) is 15.9. The Morgan fingerprint density at radius 3 is 2.43 bits per heavy atom. The fourth-order valence-electron chi connectivity index (χ4n) is 1.84. The maximum absolute atomic E-state index is 12.8. The molecule has 1 radical (unpaired) electrons. The second kappa shape index (κ2) is 5.35. The van der Waals surface area contributed by atoms with Crippen molar-refractivity contribution >= 4 is 21.4 Å². The maximum Gasteiger partial charge on any atom is 0.501 e. The van der Waals surface area contributed by atoms with Crippen LogP contribution in [-0.4, -0.2) is 13.9 Å². The standard InChI is InChI=1S/C14H9ClF3O2S/c1-9-3-2-4-10(7-9)12-8-11(15)5-6-13(12)21(19,20)14(16,17)18/h2-4,6-8H,1H3. The van der Waals surface area contributed by atoms with Crippen molar-refractivity contribution in [2.45, 2.75) is 17.3 Å². The number of benzene rings is 2. The largest absolute Gasteiger partial charge is 0.501 e. The molecular weight excluding hydrogens is 325 g/mol. The van der Waals surface area contributed by atoms with Crippen LogP contribution in [0.5, 0.6) is 0 Å². The van der Waals surface area contributed by atoms with Crippen LogP contribution in [-0.2, 0) is 9.84 Å². The van der Waals surface area contributed by atoms with Crippen LogP contribution in [0.2, 0.25) is 5.02 Å². The van der Waals surface area contributed by atoms with E-state index in [2.05, 4.69) is 6.07 Å². The Morgan fingerprint density at radius 1 is 1.19 bits per heavy atom. The van der Waals surface area contributed by atoms with Gasteiger partial charge in [0.2, 0.25) is 0 Å². The minimum Gasteiger partial charge on any atom is -0.214 e. The van der Waals surface area contributed by atoms with Crippen molar-refractivity contribution < 1.29 is 21.6 Å². The van der Waals surface area contributed by atoms with Crippen molar-refractivity contribution in [3.63, 3.8) is 0 Å². The van der Waals surface area contributed by atoms with Crippen molar-refractivity contribution in [3.8, 4) is 11.1 Å². The van der Waals surface area contributed by atoms with Gasteiger partial charge in [-0.05, 0) is 24.6 Å². The van der Waals surface area contributed by atoms with E-state index in [-0.39, 0.29) is 10.6 Å². The summed E-state index contributed by atoms with van der Waals surface area (Å²) in [6.07, 6.45) is 0. The van der Waals surface area contributed by atoms with E-state index in [9.17, 15) is 21.6 Å². The highest BCUT2D eigenvalue weighted by molar-refractivity contribution is 7.92. The van der Waals surface area contributed by atoms with Crippen LogP contribution in [0.1, 0.15) is 5.56 Å². The smallest absolute Gasteiger partial charge is 0.214 e. The first-order valence-electron chi connectivity index (χ1n) is 5.72. The van der Waals surface area contributed by atoms with Crippen LogP contribution >= 0.6 is 11.6 Å². The van der Waals surface area contributed by atoms with Crippen molar-refractivity contribution in [1.82, 2.24) is 0 Å². The van der Waals surface area contributed by atoms with Gasteiger partial charge < -0.3 is 0 Å². The second-order valence-corrected chi connectivity index (χ2v) is 6.69. The Balaban J connectivity index is 2.76. The van der Waals surface area contributed by atoms with E-state index in [1.807, 2.05) is 0 Å². The number of hydrogen-bond acceptors (Lipinski definition) is 2. The molecule has 0 aliphatic heterocycles. The number of halogens is 4. The summed E-state index contributed by atoms with van der Waals surface area (Å²) in [5.41, 5.74) is -4.35. The van der Waals surface area contributed by atoms with Crippen LogP contribution in [0.4, 0.5) is 13.2 Å². The van der Waals surface area contributed by atoms with E-state index in [0.717, 1.165) is 17.7 Å². The van der Waals surface area contributed by atoms with E-state index >= 15 is 0 Å². The van der Waals surface area contributed by atoms with E-state index in [1.165, 1.54) is 6.07 Å². The number of sulfone groups is 1. The normalized spacial score (nSPS) is 12.4. The highest BCUT2D eigenvalue weighted by Crippen LogP contribution is 2.37. The Bertz CT molecular complexity index is 783. The van der Waals surface area contributed by atoms with Gasteiger partial charge in [0.05, 0.1) is 4.90 Å². The summed E-state index contributed by atoms with van der Waals surface area (Å²) >= 11 is 5.74. The van der Waals surface area contributed by atoms with Gasteiger partial charge in [-0.25, -0.2) is 8.42 Å². The molecule has 2 aromatic rings. The lowest BCUT2D eigenvalue weighted by Gasteiger charge is -2.13. The minimum atomic E-state index is -5.47. The molecule has 0 unspecified atom stereocenters. The molecule has 0 N–H and O–H groups in total. The van der Waals surface area contributed by atoms with Crippen molar-refractivity contribution in [2.24, 2.45) is 0 Å². The van der Waals surface area contributed by atoms with E-state index < -0.39 is 20.2 Å². The van der Waals surface area contributed by atoms with Crippen LogP contribution in [0, 0.1) is 13.0 Å². The number of aryl methyl sites for hydroxylation is 1. The van der Waals surface area contributed by atoms with Gasteiger partial charge in [-0.3, -0.25) is 0 Å². The monoisotopic (exact) mass is 333 g/mol. The summed E-state index contributed by atoms with van der Waals surface area (Å²) in [5, 5.41) is 0.0348. The predicted molar refractivity (Wildman–Crippen MR) is 73.7 cm³/mol. The topological polar surface area (TPSA) is 34.1 Å². The summed E-state index contributed by atoms with van der Waals surface area (Å²) in [6.45, 7) is 1.75. The molecule has 0 atom stereocenters. The molecule has 0 amide bonds. The molecule has 2 nitrogen and oxygen atoms in total. The molecule has 0 saturated carbocycles. The second-order valence-electron chi connectivity index (χ2n) is 4.38. The zero-order valence-corrected chi connectivity index (χ0v) is 12.3. The fraction of sp³-hybridized carbons (Fsp3) is 0.143. The molecule has 2 rings (SSSR count). The lowest BCUT2D eigenvalue weighted by molar-refractivity contribution is -0.0435. The molecule has 7 heteroatoms. The molecule has 0 bridgehead atoms. The Hall–Kier alpha value is -1.53. The van der Waals surface area contributed by atoms with Crippen LogP contribution in [0.3, 0.4) is 0 Å². The average molecular weight is 334 g/mol. The summed E-state index contributed by atoms with van der Waals surface area (Å²) in [6, 6.07) is 10.7. The zero-order valence-electron chi connectivity index (χ0n) is 10.7. The summed E-state index contributed by atoms with van der Waals surface area (Å²) in [7, 11) is -5.47. The van der Waals surface area contributed by atoms with Gasteiger partial charge >= 0.3 is 5.51 Å². The third-order valence-electron chi connectivity index (χ3n) is 2.80. The van der Waals surface area contributed by atoms with Gasteiger partial charge in [0, 0.05) is 16.7 Å². The fourth-order valence-corrected chi connectivity index (χ4v) is 2.93. The van der Waals surface area contributed by atoms with Gasteiger partial charge in [-0.15, -0.1) is 0 Å². The Kier molecular flexibility index (Phi) is 4.04. The minimum absolute atomic E-state index is 0.0348. The van der Waals surface area contributed by atoms with Gasteiger partial charge in [-0.2, -0.15) is 13.2 Å². The van der Waals surface area contributed by atoms with Gasteiger partial charge in [-0.1, -0.05) is 41.4 Å². The third kappa shape index (κ3) is 3.06. The van der Waals surface area contributed by atoms with E-state index in [0.29, 0.717) is 5.56 Å². The molecule has 0 saturated heterocycles. The van der Waals surface area contributed by atoms with Crippen LogP contribution < -0.4 is 0 Å². The maximum atomic E-state index is 12.8. The Labute approximate surface area is 125 Å². The lowest BCUT2D eigenvalue weighted by atomic mass is 10.0. The molecule has 0 aliphatic rings. The molecule has 0 heterocycles. The molecule has 0 aromatic heterocycles. The number of hydrogen-bond donors (Lipinski definition) is 0. The molecule has 21 heavy (non-hydrogen) atoms. The van der Waals surface area contributed by atoms with Gasteiger partial charge in [0.1, 0.15) is 0 Å². The number of alkyl halides is 3. The van der Waals surface area contributed by atoms with Crippen molar-refractivity contribution in [1.29, 1.82) is 0 Å². The zero-order chi connectivity index (χ0) is 15.8. The highest BCUT2D eigenvalue weighted by Gasteiger charge is 2.48. The number of rotatable bonds is 2. The molecule has 2 aromatic carbocycles. The average Bonchev–Trinajstić information content (AvgIpc) is 2.37. The molecule has 111 valence electrons. The van der Waals surface area contributed by atoms with Gasteiger partial charge in [0.15, 0.2) is 0 Å². The Morgan fingerprint density at radius 2 is 1.86 bits per heavy atom. The van der Waals surface area contributed by atoms with Crippen molar-refractivity contribution in [3.05, 3.63) is 53.1 Å². The van der Waals surface area contributed by atoms with Gasteiger partial charge in [0.25, 0.3) is 9.84 Å². The van der Waals surface area contributed by atoms with Crippen LogP contribution in [0.15, 0.2) is 41.3 Å². The summed E-state index contributed by atoms with van der Waals surface area (Å²) in [4.78, 5) is -0.856. The SMILES string of the molecule is Cc1cccc(-c2cc(Cl)[c]cc2S(=O)(=O)C(F)(F)F)c1. The third-order valence-corrected chi connectivity index (χ3v) is 4.55. The molecule has 0 aliphatic carbocycles. The first-order valence-corrected chi connectivity index (χ1v) is 7.58.